The van der Waals surface area contributed by atoms with Crippen LogP contribution in [0.1, 0.15) is 5.56 Å². The summed E-state index contributed by atoms with van der Waals surface area (Å²) < 4.78 is 45.5. The fourth-order valence-electron chi connectivity index (χ4n) is 2.71. The van der Waals surface area contributed by atoms with Gasteiger partial charge in [0.05, 0.1) is 30.9 Å². The predicted octanol–water partition coefficient (Wildman–Crippen LogP) is 0.984. The lowest BCUT2D eigenvalue weighted by atomic mass is 10.2. The van der Waals surface area contributed by atoms with Gasteiger partial charge in [0, 0.05) is 37.8 Å². The SMILES string of the molecule is O=S(=O)(Cc1ccccc1F)NCCNc1cc(N2CCOCC2)cnn1. The van der Waals surface area contributed by atoms with Gasteiger partial charge in [0.15, 0.2) is 5.82 Å². The standard InChI is InChI=1S/C17H22FN5O3S/c18-16-4-2-1-3-14(16)13-27(24,25)21-6-5-19-17-11-15(12-20-22-17)23-7-9-26-10-8-23/h1-4,11-12,21H,5-10,13H2,(H,19,22). The third-order valence-electron chi connectivity index (χ3n) is 4.07. The van der Waals surface area contributed by atoms with Gasteiger partial charge in [-0.15, -0.1) is 5.10 Å². The zero-order valence-corrected chi connectivity index (χ0v) is 15.6. The Morgan fingerprint density at radius 2 is 1.96 bits per heavy atom. The molecule has 1 aliphatic rings. The molecule has 2 heterocycles. The molecule has 2 N–H and O–H groups in total. The van der Waals surface area contributed by atoms with Gasteiger partial charge in [-0.1, -0.05) is 18.2 Å². The average Bonchev–Trinajstić information content (AvgIpc) is 2.68. The Kier molecular flexibility index (Phi) is 6.54. The molecule has 0 saturated carbocycles. The second-order valence-corrected chi connectivity index (χ2v) is 7.88. The van der Waals surface area contributed by atoms with Crippen LogP contribution in [-0.2, 0) is 20.5 Å². The molecule has 0 bridgehead atoms. The Morgan fingerprint density at radius 1 is 1.19 bits per heavy atom. The molecule has 1 saturated heterocycles. The Labute approximate surface area is 157 Å². The number of halogens is 1. The number of anilines is 2. The van der Waals surface area contributed by atoms with Crippen molar-refractivity contribution in [2.24, 2.45) is 0 Å². The molecule has 2 aromatic rings. The van der Waals surface area contributed by atoms with E-state index in [1.807, 2.05) is 6.07 Å². The first-order chi connectivity index (χ1) is 13.0. The van der Waals surface area contributed by atoms with Crippen molar-refractivity contribution in [3.05, 3.63) is 47.9 Å². The number of morpholine rings is 1. The molecular weight excluding hydrogens is 373 g/mol. The number of ether oxygens (including phenoxy) is 1. The third-order valence-corrected chi connectivity index (χ3v) is 5.41. The largest absolute Gasteiger partial charge is 0.378 e. The molecule has 10 heteroatoms. The molecule has 0 amide bonds. The first-order valence-corrected chi connectivity index (χ1v) is 10.3. The van der Waals surface area contributed by atoms with Gasteiger partial charge in [0.25, 0.3) is 0 Å². The van der Waals surface area contributed by atoms with Crippen molar-refractivity contribution in [2.45, 2.75) is 5.75 Å². The number of nitrogens with zero attached hydrogens (tertiary/aromatic N) is 3. The normalized spacial score (nSPS) is 14.9. The predicted molar refractivity (Wildman–Crippen MR) is 101 cm³/mol. The Balaban J connectivity index is 1.47. The highest BCUT2D eigenvalue weighted by molar-refractivity contribution is 7.88. The van der Waals surface area contributed by atoms with Crippen molar-refractivity contribution in [3.8, 4) is 0 Å². The van der Waals surface area contributed by atoms with E-state index in [4.69, 9.17) is 4.74 Å². The van der Waals surface area contributed by atoms with Gasteiger partial charge in [-0.05, 0) is 6.07 Å². The van der Waals surface area contributed by atoms with E-state index in [0.29, 0.717) is 25.6 Å². The van der Waals surface area contributed by atoms with Gasteiger partial charge >= 0.3 is 0 Å². The van der Waals surface area contributed by atoms with Crippen LogP contribution in [-0.4, -0.2) is 58.0 Å². The molecule has 0 atom stereocenters. The van der Waals surface area contributed by atoms with Crippen LogP contribution in [0.2, 0.25) is 0 Å². The van der Waals surface area contributed by atoms with E-state index in [0.717, 1.165) is 18.8 Å². The minimum absolute atomic E-state index is 0.141. The molecule has 146 valence electrons. The van der Waals surface area contributed by atoms with Crippen LogP contribution in [0.25, 0.3) is 0 Å². The van der Waals surface area contributed by atoms with E-state index in [1.54, 1.807) is 12.3 Å². The molecule has 1 aliphatic heterocycles. The monoisotopic (exact) mass is 395 g/mol. The van der Waals surface area contributed by atoms with E-state index < -0.39 is 21.6 Å². The van der Waals surface area contributed by atoms with Crippen LogP contribution in [0.3, 0.4) is 0 Å². The van der Waals surface area contributed by atoms with Gasteiger partial charge in [0.1, 0.15) is 5.82 Å². The minimum atomic E-state index is -3.63. The fraction of sp³-hybridized carbons (Fsp3) is 0.412. The zero-order valence-electron chi connectivity index (χ0n) is 14.8. The lowest BCUT2D eigenvalue weighted by Gasteiger charge is -2.28. The van der Waals surface area contributed by atoms with E-state index in [1.165, 1.54) is 18.2 Å². The lowest BCUT2D eigenvalue weighted by molar-refractivity contribution is 0.122. The summed E-state index contributed by atoms with van der Waals surface area (Å²) in [7, 11) is -3.63. The Bertz CT molecular complexity index is 859. The number of hydrogen-bond acceptors (Lipinski definition) is 7. The van der Waals surface area contributed by atoms with Crippen LogP contribution in [0, 0.1) is 5.82 Å². The molecule has 1 fully saturated rings. The van der Waals surface area contributed by atoms with Crippen LogP contribution in [0.4, 0.5) is 15.9 Å². The topological polar surface area (TPSA) is 96.5 Å². The lowest BCUT2D eigenvalue weighted by Crippen LogP contribution is -2.36. The number of rotatable bonds is 8. The highest BCUT2D eigenvalue weighted by Gasteiger charge is 2.14. The van der Waals surface area contributed by atoms with Gasteiger partial charge in [-0.3, -0.25) is 0 Å². The molecule has 0 aliphatic carbocycles. The van der Waals surface area contributed by atoms with Crippen LogP contribution >= 0.6 is 0 Å². The van der Waals surface area contributed by atoms with Gasteiger partial charge in [-0.25, -0.2) is 17.5 Å². The first kappa shape index (κ1) is 19.5. The number of sulfonamides is 1. The van der Waals surface area contributed by atoms with Crippen LogP contribution in [0.5, 0.6) is 0 Å². The molecule has 0 unspecified atom stereocenters. The van der Waals surface area contributed by atoms with Gasteiger partial charge in [-0.2, -0.15) is 5.10 Å². The average molecular weight is 395 g/mol. The van der Waals surface area contributed by atoms with Crippen molar-refractivity contribution >= 4 is 21.5 Å². The number of nitrogens with one attached hydrogen (secondary N) is 2. The smallest absolute Gasteiger partial charge is 0.215 e. The molecule has 8 nitrogen and oxygen atoms in total. The Morgan fingerprint density at radius 3 is 2.74 bits per heavy atom. The molecule has 0 spiro atoms. The van der Waals surface area contributed by atoms with E-state index in [9.17, 15) is 12.8 Å². The summed E-state index contributed by atoms with van der Waals surface area (Å²) >= 11 is 0. The quantitative estimate of drug-likeness (QED) is 0.643. The maximum Gasteiger partial charge on any atom is 0.215 e. The molecule has 1 aromatic carbocycles. The van der Waals surface area contributed by atoms with Gasteiger partial charge in [0.2, 0.25) is 10.0 Å². The van der Waals surface area contributed by atoms with Crippen LogP contribution in [0.15, 0.2) is 36.5 Å². The van der Waals surface area contributed by atoms with Crippen molar-refractivity contribution in [1.29, 1.82) is 0 Å². The maximum absolute atomic E-state index is 13.6. The van der Waals surface area contributed by atoms with E-state index in [-0.39, 0.29) is 12.1 Å². The summed E-state index contributed by atoms with van der Waals surface area (Å²) in [5, 5.41) is 11.0. The van der Waals surface area contributed by atoms with Crippen molar-refractivity contribution in [3.63, 3.8) is 0 Å². The molecule has 0 radical (unpaired) electrons. The van der Waals surface area contributed by atoms with E-state index >= 15 is 0 Å². The molecule has 3 rings (SSSR count). The van der Waals surface area contributed by atoms with Crippen molar-refractivity contribution < 1.29 is 17.5 Å². The highest BCUT2D eigenvalue weighted by Crippen LogP contribution is 2.17. The van der Waals surface area contributed by atoms with Crippen molar-refractivity contribution in [2.75, 3.05) is 49.6 Å². The summed E-state index contributed by atoms with van der Waals surface area (Å²) in [5.41, 5.74) is 1.08. The fourth-order valence-corrected chi connectivity index (χ4v) is 3.86. The number of aromatic nitrogens is 2. The molecule has 27 heavy (non-hydrogen) atoms. The van der Waals surface area contributed by atoms with E-state index in [2.05, 4.69) is 25.1 Å². The van der Waals surface area contributed by atoms with Crippen molar-refractivity contribution in [1.82, 2.24) is 14.9 Å². The van der Waals surface area contributed by atoms with Gasteiger partial charge < -0.3 is 15.0 Å². The number of benzene rings is 1. The second-order valence-electron chi connectivity index (χ2n) is 6.07. The summed E-state index contributed by atoms with van der Waals surface area (Å²) in [5.74, 6) is -0.366. The summed E-state index contributed by atoms with van der Waals surface area (Å²) in [6.07, 6.45) is 1.69. The Hall–Kier alpha value is -2.30. The molecular formula is C17H22FN5O3S. The zero-order chi connectivity index (χ0) is 19.1. The third kappa shape index (κ3) is 5.84. The second kappa shape index (κ2) is 9.07. The first-order valence-electron chi connectivity index (χ1n) is 8.63. The summed E-state index contributed by atoms with van der Waals surface area (Å²) in [6, 6.07) is 7.70. The highest BCUT2D eigenvalue weighted by atomic mass is 32.2. The van der Waals surface area contributed by atoms with Crippen LogP contribution < -0.4 is 14.9 Å². The summed E-state index contributed by atoms with van der Waals surface area (Å²) in [4.78, 5) is 2.15. The maximum atomic E-state index is 13.6. The minimum Gasteiger partial charge on any atom is -0.378 e. The number of hydrogen-bond donors (Lipinski definition) is 2. The molecule has 1 aromatic heterocycles. The summed E-state index contributed by atoms with van der Waals surface area (Å²) in [6.45, 7) is 3.42.